The standard InChI is InChI=1S/C21H22N4O3/c26-20(19-17-10-4-5-11-18(17)23-24-19)22-16-9-6-12-25(13-16)21(27)28-14-15-7-2-1-3-8-15/h1-5,7-8,10-11,16H,6,9,12-14H2,(H,22,26)(H,23,24)/t16-/m0/s1. The molecule has 2 heterocycles. The molecule has 0 unspecified atom stereocenters. The van der Waals surface area contributed by atoms with Gasteiger partial charge in [-0.25, -0.2) is 4.79 Å². The van der Waals surface area contributed by atoms with Gasteiger partial charge in [-0.2, -0.15) is 5.10 Å². The van der Waals surface area contributed by atoms with E-state index in [0.29, 0.717) is 18.8 Å². The number of ether oxygens (including phenoxy) is 1. The number of para-hydroxylation sites is 1. The van der Waals surface area contributed by atoms with Crippen LogP contribution in [0.1, 0.15) is 28.9 Å². The number of piperidine rings is 1. The molecule has 1 atom stereocenters. The van der Waals surface area contributed by atoms with Gasteiger partial charge in [0, 0.05) is 24.5 Å². The van der Waals surface area contributed by atoms with Gasteiger partial charge in [-0.3, -0.25) is 9.89 Å². The monoisotopic (exact) mass is 378 g/mol. The van der Waals surface area contributed by atoms with Gasteiger partial charge in [0.25, 0.3) is 5.91 Å². The summed E-state index contributed by atoms with van der Waals surface area (Å²) in [5.74, 6) is -0.234. The Morgan fingerprint density at radius 2 is 1.93 bits per heavy atom. The third kappa shape index (κ3) is 3.98. The highest BCUT2D eigenvalue weighted by Gasteiger charge is 2.27. The molecule has 0 bridgehead atoms. The van der Waals surface area contributed by atoms with Crippen molar-refractivity contribution in [3.8, 4) is 0 Å². The quantitative estimate of drug-likeness (QED) is 0.730. The molecule has 4 rings (SSSR count). The van der Waals surface area contributed by atoms with Crippen LogP contribution in [0.2, 0.25) is 0 Å². The molecular formula is C21H22N4O3. The Bertz CT molecular complexity index is 970. The zero-order chi connectivity index (χ0) is 19.3. The summed E-state index contributed by atoms with van der Waals surface area (Å²) in [6.45, 7) is 1.31. The van der Waals surface area contributed by atoms with Gasteiger partial charge in [-0.05, 0) is 24.5 Å². The minimum Gasteiger partial charge on any atom is -0.445 e. The predicted molar refractivity (Wildman–Crippen MR) is 105 cm³/mol. The van der Waals surface area contributed by atoms with Gasteiger partial charge in [0.05, 0.1) is 5.52 Å². The summed E-state index contributed by atoms with van der Waals surface area (Å²) < 4.78 is 5.41. The summed E-state index contributed by atoms with van der Waals surface area (Å²) in [5.41, 5.74) is 2.14. The van der Waals surface area contributed by atoms with Gasteiger partial charge in [-0.15, -0.1) is 0 Å². The minimum absolute atomic E-state index is 0.124. The Morgan fingerprint density at radius 3 is 2.79 bits per heavy atom. The fourth-order valence-corrected chi connectivity index (χ4v) is 3.46. The number of likely N-dealkylation sites (tertiary alicyclic amines) is 1. The highest BCUT2D eigenvalue weighted by atomic mass is 16.6. The fraction of sp³-hybridized carbons (Fsp3) is 0.286. The van der Waals surface area contributed by atoms with E-state index in [2.05, 4.69) is 15.5 Å². The van der Waals surface area contributed by atoms with Crippen LogP contribution in [-0.2, 0) is 11.3 Å². The minimum atomic E-state index is -0.354. The van der Waals surface area contributed by atoms with Crippen molar-refractivity contribution < 1.29 is 14.3 Å². The van der Waals surface area contributed by atoms with Crippen LogP contribution in [0.15, 0.2) is 54.6 Å². The number of H-pyrrole nitrogens is 1. The first-order chi connectivity index (χ1) is 13.7. The molecule has 0 saturated carbocycles. The smallest absolute Gasteiger partial charge is 0.410 e. The summed E-state index contributed by atoms with van der Waals surface area (Å²) >= 11 is 0. The Hall–Kier alpha value is -3.35. The van der Waals surface area contributed by atoms with Gasteiger partial charge in [-0.1, -0.05) is 48.5 Å². The highest BCUT2D eigenvalue weighted by molar-refractivity contribution is 6.04. The average molecular weight is 378 g/mol. The lowest BCUT2D eigenvalue weighted by molar-refractivity contribution is 0.0768. The van der Waals surface area contributed by atoms with Gasteiger partial charge in [0.1, 0.15) is 6.61 Å². The number of benzene rings is 2. The van der Waals surface area contributed by atoms with E-state index in [-0.39, 0.29) is 24.6 Å². The zero-order valence-corrected chi connectivity index (χ0v) is 15.4. The number of aromatic amines is 1. The number of aromatic nitrogens is 2. The molecule has 1 aromatic heterocycles. The SMILES string of the molecule is O=C(N[C@H]1CCCN(C(=O)OCc2ccccc2)C1)c1n[nH]c2ccccc12. The molecule has 7 heteroatoms. The molecule has 1 aliphatic rings. The number of hydrogen-bond donors (Lipinski definition) is 2. The second-order valence-corrected chi connectivity index (χ2v) is 6.92. The number of rotatable bonds is 4. The number of nitrogens with one attached hydrogen (secondary N) is 2. The molecule has 1 fully saturated rings. The van der Waals surface area contributed by atoms with Crippen LogP contribution in [0.5, 0.6) is 0 Å². The maximum atomic E-state index is 12.6. The van der Waals surface area contributed by atoms with Crippen LogP contribution in [0, 0.1) is 0 Å². The summed E-state index contributed by atoms with van der Waals surface area (Å²) in [5, 5.41) is 10.8. The predicted octanol–water partition coefficient (Wildman–Crippen LogP) is 3.09. The zero-order valence-electron chi connectivity index (χ0n) is 15.4. The number of carbonyl (C=O) groups is 2. The van der Waals surface area contributed by atoms with Gasteiger partial charge in [0.2, 0.25) is 0 Å². The van der Waals surface area contributed by atoms with Crippen LogP contribution in [0.25, 0.3) is 10.9 Å². The van der Waals surface area contributed by atoms with E-state index in [1.165, 1.54) is 0 Å². The molecule has 7 nitrogen and oxygen atoms in total. The van der Waals surface area contributed by atoms with Crippen molar-refractivity contribution in [3.63, 3.8) is 0 Å². The highest BCUT2D eigenvalue weighted by Crippen LogP contribution is 2.17. The van der Waals surface area contributed by atoms with Crippen LogP contribution in [0.3, 0.4) is 0 Å². The second-order valence-electron chi connectivity index (χ2n) is 6.92. The lowest BCUT2D eigenvalue weighted by Crippen LogP contribution is -2.49. The largest absolute Gasteiger partial charge is 0.445 e. The fourth-order valence-electron chi connectivity index (χ4n) is 3.46. The lowest BCUT2D eigenvalue weighted by atomic mass is 10.1. The van der Waals surface area contributed by atoms with E-state index in [9.17, 15) is 9.59 Å². The maximum Gasteiger partial charge on any atom is 0.410 e. The third-order valence-corrected chi connectivity index (χ3v) is 4.91. The summed E-state index contributed by atoms with van der Waals surface area (Å²) in [7, 11) is 0. The number of hydrogen-bond acceptors (Lipinski definition) is 4. The number of carbonyl (C=O) groups excluding carboxylic acids is 2. The summed E-state index contributed by atoms with van der Waals surface area (Å²) in [6, 6.07) is 17.0. The van der Waals surface area contributed by atoms with E-state index < -0.39 is 0 Å². The van der Waals surface area contributed by atoms with Crippen molar-refractivity contribution in [1.82, 2.24) is 20.4 Å². The first kappa shape index (κ1) is 18.0. The molecule has 1 saturated heterocycles. The topological polar surface area (TPSA) is 87.3 Å². The van der Waals surface area contributed by atoms with Crippen molar-refractivity contribution >= 4 is 22.9 Å². The number of nitrogens with zero attached hydrogens (tertiary/aromatic N) is 2. The van der Waals surface area contributed by atoms with Gasteiger partial charge in [0.15, 0.2) is 5.69 Å². The molecule has 3 aromatic rings. The van der Waals surface area contributed by atoms with Crippen molar-refractivity contribution in [3.05, 3.63) is 65.9 Å². The Morgan fingerprint density at radius 1 is 1.14 bits per heavy atom. The number of fused-ring (bicyclic) bond motifs is 1. The Kier molecular flexibility index (Phi) is 5.23. The Balaban J connectivity index is 1.34. The van der Waals surface area contributed by atoms with Crippen LogP contribution < -0.4 is 5.32 Å². The first-order valence-electron chi connectivity index (χ1n) is 9.40. The van der Waals surface area contributed by atoms with Gasteiger partial charge >= 0.3 is 6.09 Å². The second kappa shape index (κ2) is 8.12. The molecule has 0 radical (unpaired) electrons. The average Bonchev–Trinajstić information content (AvgIpc) is 3.17. The van der Waals surface area contributed by atoms with E-state index in [4.69, 9.17) is 4.74 Å². The molecule has 2 amide bonds. The normalized spacial score (nSPS) is 16.7. The molecule has 144 valence electrons. The molecule has 2 N–H and O–H groups in total. The van der Waals surface area contributed by atoms with Crippen LogP contribution >= 0.6 is 0 Å². The lowest BCUT2D eigenvalue weighted by Gasteiger charge is -2.32. The molecule has 2 aromatic carbocycles. The van der Waals surface area contributed by atoms with E-state index in [1.807, 2.05) is 54.6 Å². The number of amides is 2. The first-order valence-corrected chi connectivity index (χ1v) is 9.40. The van der Waals surface area contributed by atoms with Crippen molar-refractivity contribution in [2.24, 2.45) is 0 Å². The molecule has 0 spiro atoms. The van der Waals surface area contributed by atoms with Crippen molar-refractivity contribution in [2.45, 2.75) is 25.5 Å². The van der Waals surface area contributed by atoms with Crippen LogP contribution in [-0.4, -0.2) is 46.2 Å². The van der Waals surface area contributed by atoms with Crippen LogP contribution in [0.4, 0.5) is 4.79 Å². The summed E-state index contributed by atoms with van der Waals surface area (Å²) in [4.78, 5) is 26.7. The molecule has 1 aliphatic heterocycles. The molecule has 28 heavy (non-hydrogen) atoms. The van der Waals surface area contributed by atoms with Crippen molar-refractivity contribution in [2.75, 3.05) is 13.1 Å². The van der Waals surface area contributed by atoms with E-state index >= 15 is 0 Å². The summed E-state index contributed by atoms with van der Waals surface area (Å²) in [6.07, 6.45) is 1.27. The Labute approximate surface area is 162 Å². The molecule has 0 aliphatic carbocycles. The van der Waals surface area contributed by atoms with E-state index in [1.54, 1.807) is 4.90 Å². The molecular weight excluding hydrogens is 356 g/mol. The van der Waals surface area contributed by atoms with Crippen molar-refractivity contribution in [1.29, 1.82) is 0 Å². The maximum absolute atomic E-state index is 12.6. The van der Waals surface area contributed by atoms with Gasteiger partial charge < -0.3 is 15.0 Å². The van der Waals surface area contributed by atoms with E-state index in [0.717, 1.165) is 29.3 Å². The third-order valence-electron chi connectivity index (χ3n) is 4.91.